The predicted molar refractivity (Wildman–Crippen MR) is 79.3 cm³/mol. The van der Waals surface area contributed by atoms with Gasteiger partial charge >= 0.3 is 12.0 Å². The van der Waals surface area contributed by atoms with Crippen LogP contribution in [-0.4, -0.2) is 90.7 Å². The fourth-order valence-corrected chi connectivity index (χ4v) is 3.29. The number of carboxylic acids is 1. The van der Waals surface area contributed by atoms with Crippen molar-refractivity contribution in [1.82, 2.24) is 20.0 Å². The number of urea groups is 1. The molecule has 0 aromatic rings. The summed E-state index contributed by atoms with van der Waals surface area (Å²) >= 11 is 0. The molecule has 0 saturated carbocycles. The third-order valence-electron chi connectivity index (χ3n) is 4.59. The topological polar surface area (TPSA) is 76.1 Å². The third kappa shape index (κ3) is 3.29. The summed E-state index contributed by atoms with van der Waals surface area (Å²) in [6, 6.07) is -0.0356. The van der Waals surface area contributed by atoms with E-state index < -0.39 is 11.5 Å². The van der Waals surface area contributed by atoms with Gasteiger partial charge in [-0.2, -0.15) is 0 Å². The Kier molecular flexibility index (Phi) is 5.05. The minimum absolute atomic E-state index is 0.0356. The summed E-state index contributed by atoms with van der Waals surface area (Å²) < 4.78 is 0. The van der Waals surface area contributed by atoms with E-state index in [9.17, 15) is 14.7 Å². The summed E-state index contributed by atoms with van der Waals surface area (Å²) in [5, 5.41) is 13.1. The smallest absolute Gasteiger partial charge is 0.324 e. The standard InChI is InChI=1S/C14H26N4O3/c1-16(2)13(21)17-9-4-14(5-10-17,12(19)20)18-8-3-6-15-7-11-18/h15H,3-11H2,1-2H3,(H,19,20). The molecule has 0 radical (unpaired) electrons. The second-order valence-electron chi connectivity index (χ2n) is 6.09. The van der Waals surface area contributed by atoms with E-state index in [0.717, 1.165) is 32.6 Å². The highest BCUT2D eigenvalue weighted by molar-refractivity contribution is 5.80. The van der Waals surface area contributed by atoms with Crippen LogP contribution in [-0.2, 0) is 4.79 Å². The molecule has 0 spiro atoms. The highest BCUT2D eigenvalue weighted by Crippen LogP contribution is 2.30. The summed E-state index contributed by atoms with van der Waals surface area (Å²) in [5.74, 6) is -0.749. The largest absolute Gasteiger partial charge is 0.480 e. The van der Waals surface area contributed by atoms with Crippen molar-refractivity contribution in [3.8, 4) is 0 Å². The van der Waals surface area contributed by atoms with Crippen molar-refractivity contribution in [3.63, 3.8) is 0 Å². The van der Waals surface area contributed by atoms with Gasteiger partial charge in [-0.25, -0.2) is 4.79 Å². The Bertz CT molecular complexity index is 384. The number of carbonyl (C=O) groups is 2. The van der Waals surface area contributed by atoms with Crippen LogP contribution in [0.25, 0.3) is 0 Å². The number of aliphatic carboxylic acids is 1. The summed E-state index contributed by atoms with van der Waals surface area (Å²) in [5.41, 5.74) is -0.810. The second-order valence-corrected chi connectivity index (χ2v) is 6.09. The molecule has 0 aromatic carbocycles. The highest BCUT2D eigenvalue weighted by Gasteiger charge is 2.47. The Hall–Kier alpha value is -1.34. The lowest BCUT2D eigenvalue weighted by Crippen LogP contribution is -2.62. The fourth-order valence-electron chi connectivity index (χ4n) is 3.29. The number of piperidine rings is 1. The second kappa shape index (κ2) is 6.62. The van der Waals surface area contributed by atoms with Gasteiger partial charge in [0.2, 0.25) is 0 Å². The van der Waals surface area contributed by atoms with Gasteiger partial charge in [0.15, 0.2) is 0 Å². The van der Waals surface area contributed by atoms with Gasteiger partial charge in [0, 0.05) is 46.8 Å². The molecule has 7 nitrogen and oxygen atoms in total. The predicted octanol–water partition coefficient (Wildman–Crippen LogP) is -0.117. The molecular weight excluding hydrogens is 272 g/mol. The molecule has 2 heterocycles. The number of rotatable bonds is 2. The van der Waals surface area contributed by atoms with Gasteiger partial charge in [-0.1, -0.05) is 0 Å². The monoisotopic (exact) mass is 298 g/mol. The molecule has 0 aromatic heterocycles. The molecule has 2 saturated heterocycles. The minimum Gasteiger partial charge on any atom is -0.480 e. The molecule has 2 rings (SSSR count). The van der Waals surface area contributed by atoms with E-state index in [1.54, 1.807) is 23.9 Å². The van der Waals surface area contributed by atoms with Crippen molar-refractivity contribution in [2.45, 2.75) is 24.8 Å². The maximum atomic E-state index is 12.0. The lowest BCUT2D eigenvalue weighted by molar-refractivity contribution is -0.155. The molecule has 0 bridgehead atoms. The lowest BCUT2D eigenvalue weighted by atomic mass is 9.85. The molecule has 2 N–H and O–H groups in total. The molecule has 21 heavy (non-hydrogen) atoms. The minimum atomic E-state index is -0.810. The lowest BCUT2D eigenvalue weighted by Gasteiger charge is -2.45. The molecule has 2 aliphatic heterocycles. The number of hydrogen-bond acceptors (Lipinski definition) is 4. The first-order valence-electron chi connectivity index (χ1n) is 7.63. The van der Waals surface area contributed by atoms with E-state index >= 15 is 0 Å². The van der Waals surface area contributed by atoms with E-state index in [2.05, 4.69) is 10.2 Å². The normalized spacial score (nSPS) is 23.4. The van der Waals surface area contributed by atoms with Gasteiger partial charge < -0.3 is 20.2 Å². The Labute approximate surface area is 125 Å². The van der Waals surface area contributed by atoms with Gasteiger partial charge in [-0.05, 0) is 25.8 Å². The summed E-state index contributed by atoms with van der Waals surface area (Å²) in [4.78, 5) is 29.3. The van der Waals surface area contributed by atoms with Gasteiger partial charge in [0.05, 0.1) is 0 Å². The van der Waals surface area contributed by atoms with Crippen molar-refractivity contribution < 1.29 is 14.7 Å². The van der Waals surface area contributed by atoms with E-state index in [1.165, 1.54) is 0 Å². The number of hydrogen-bond donors (Lipinski definition) is 2. The molecule has 0 atom stereocenters. The van der Waals surface area contributed by atoms with Crippen molar-refractivity contribution in [2.75, 3.05) is 53.4 Å². The maximum absolute atomic E-state index is 12.0. The number of nitrogens with zero attached hydrogens (tertiary/aromatic N) is 3. The molecule has 7 heteroatoms. The molecular formula is C14H26N4O3. The highest BCUT2D eigenvalue weighted by atomic mass is 16.4. The third-order valence-corrected chi connectivity index (χ3v) is 4.59. The van der Waals surface area contributed by atoms with Crippen molar-refractivity contribution >= 4 is 12.0 Å². The Morgan fingerprint density at radius 1 is 1.10 bits per heavy atom. The van der Waals surface area contributed by atoms with E-state index in [1.807, 2.05) is 0 Å². The first kappa shape index (κ1) is 16.0. The SMILES string of the molecule is CN(C)C(=O)N1CCC(C(=O)O)(N2CCCNCC2)CC1. The average Bonchev–Trinajstić information content (AvgIpc) is 2.75. The Balaban J connectivity index is 2.07. The zero-order valence-electron chi connectivity index (χ0n) is 13.0. The zero-order chi connectivity index (χ0) is 15.5. The average molecular weight is 298 g/mol. The van der Waals surface area contributed by atoms with Crippen molar-refractivity contribution in [3.05, 3.63) is 0 Å². The van der Waals surface area contributed by atoms with Gasteiger partial charge in [0.25, 0.3) is 0 Å². The number of likely N-dealkylation sites (tertiary alicyclic amines) is 1. The number of nitrogens with one attached hydrogen (secondary N) is 1. The van der Waals surface area contributed by atoms with Crippen LogP contribution in [0.15, 0.2) is 0 Å². The molecule has 0 unspecified atom stereocenters. The fraction of sp³-hybridized carbons (Fsp3) is 0.857. The van der Waals surface area contributed by atoms with Crippen LogP contribution >= 0.6 is 0 Å². The van der Waals surface area contributed by atoms with Gasteiger partial charge in [-0.15, -0.1) is 0 Å². The molecule has 120 valence electrons. The van der Waals surface area contributed by atoms with Crippen LogP contribution in [0.2, 0.25) is 0 Å². The summed E-state index contributed by atoms with van der Waals surface area (Å²) in [6.45, 7) is 4.35. The molecule has 2 amide bonds. The zero-order valence-corrected chi connectivity index (χ0v) is 13.0. The Morgan fingerprint density at radius 3 is 2.33 bits per heavy atom. The van der Waals surface area contributed by atoms with Crippen LogP contribution in [0.1, 0.15) is 19.3 Å². The molecule has 2 fully saturated rings. The molecule has 0 aliphatic carbocycles. The first-order chi connectivity index (χ1) is 9.97. The van der Waals surface area contributed by atoms with Crippen molar-refractivity contribution in [2.24, 2.45) is 0 Å². The van der Waals surface area contributed by atoms with E-state index in [0.29, 0.717) is 25.9 Å². The Morgan fingerprint density at radius 2 is 1.76 bits per heavy atom. The summed E-state index contributed by atoms with van der Waals surface area (Å²) in [6.07, 6.45) is 1.97. The van der Waals surface area contributed by atoms with Crippen LogP contribution in [0.3, 0.4) is 0 Å². The van der Waals surface area contributed by atoms with Crippen LogP contribution in [0, 0.1) is 0 Å². The van der Waals surface area contributed by atoms with Crippen LogP contribution in [0.5, 0.6) is 0 Å². The number of amides is 2. The van der Waals surface area contributed by atoms with Crippen LogP contribution in [0.4, 0.5) is 4.79 Å². The van der Waals surface area contributed by atoms with E-state index in [-0.39, 0.29) is 6.03 Å². The maximum Gasteiger partial charge on any atom is 0.324 e. The number of carbonyl (C=O) groups excluding carboxylic acids is 1. The first-order valence-corrected chi connectivity index (χ1v) is 7.63. The van der Waals surface area contributed by atoms with Gasteiger partial charge in [0.1, 0.15) is 5.54 Å². The number of carboxylic acid groups (broad SMARTS) is 1. The van der Waals surface area contributed by atoms with Crippen LogP contribution < -0.4 is 5.32 Å². The quantitative estimate of drug-likeness (QED) is 0.743. The molecule has 2 aliphatic rings. The summed E-state index contributed by atoms with van der Waals surface area (Å²) in [7, 11) is 3.45. The van der Waals surface area contributed by atoms with Gasteiger partial charge in [-0.3, -0.25) is 9.69 Å². The van der Waals surface area contributed by atoms with Crippen molar-refractivity contribution in [1.29, 1.82) is 0 Å². The van der Waals surface area contributed by atoms with E-state index in [4.69, 9.17) is 0 Å².